The second-order valence-electron chi connectivity index (χ2n) is 7.53. The molecule has 158 valence electrons. The highest BCUT2D eigenvalue weighted by Gasteiger charge is 2.24. The molecule has 0 unspecified atom stereocenters. The largest absolute Gasteiger partial charge is 0.451 e. The number of para-hydroxylation sites is 1. The molecule has 5 rings (SSSR count). The van der Waals surface area contributed by atoms with Gasteiger partial charge < -0.3 is 9.32 Å². The molecule has 0 N–H and O–H groups in total. The number of nitrogens with zero attached hydrogens (tertiary/aromatic N) is 3. The van der Waals surface area contributed by atoms with E-state index in [2.05, 4.69) is 34.2 Å². The highest BCUT2D eigenvalue weighted by molar-refractivity contribution is 7.98. The molecule has 0 aliphatic rings. The molecule has 5 nitrogen and oxygen atoms in total. The summed E-state index contributed by atoms with van der Waals surface area (Å²) >= 11 is 1.49. The number of amides is 1. The van der Waals surface area contributed by atoms with Gasteiger partial charge in [0.15, 0.2) is 10.9 Å². The molecule has 0 bridgehead atoms. The van der Waals surface area contributed by atoms with Crippen LogP contribution >= 0.6 is 11.8 Å². The molecular weight excluding hydrogens is 418 g/mol. The van der Waals surface area contributed by atoms with Crippen molar-refractivity contribution >= 4 is 39.4 Å². The van der Waals surface area contributed by atoms with Crippen molar-refractivity contribution < 1.29 is 9.21 Å². The van der Waals surface area contributed by atoms with Crippen molar-refractivity contribution in [2.45, 2.75) is 17.5 Å². The van der Waals surface area contributed by atoms with Crippen molar-refractivity contribution in [3.05, 3.63) is 102 Å². The SMILES string of the molecule is CN(Cc1cccc2ccccc12)C(=O)c1oc2ccccc2c1CSc1ncccn1. The molecule has 3 aromatic carbocycles. The molecule has 2 aromatic heterocycles. The summed E-state index contributed by atoms with van der Waals surface area (Å²) in [5.41, 5.74) is 2.68. The van der Waals surface area contributed by atoms with E-state index >= 15 is 0 Å². The maximum Gasteiger partial charge on any atom is 0.289 e. The zero-order valence-electron chi connectivity index (χ0n) is 17.6. The number of thioether (sulfide) groups is 1. The van der Waals surface area contributed by atoms with Crippen molar-refractivity contribution in [2.75, 3.05) is 7.05 Å². The van der Waals surface area contributed by atoms with Gasteiger partial charge in [-0.15, -0.1) is 0 Å². The number of hydrogen-bond donors (Lipinski definition) is 0. The van der Waals surface area contributed by atoms with E-state index in [1.54, 1.807) is 23.4 Å². The number of carbonyl (C=O) groups is 1. The van der Waals surface area contributed by atoms with Gasteiger partial charge in [-0.1, -0.05) is 72.4 Å². The summed E-state index contributed by atoms with van der Waals surface area (Å²) in [6.07, 6.45) is 3.43. The van der Waals surface area contributed by atoms with Gasteiger partial charge in [-0.05, 0) is 28.5 Å². The van der Waals surface area contributed by atoms with Crippen LogP contribution in [0.1, 0.15) is 21.7 Å². The second-order valence-corrected chi connectivity index (χ2v) is 8.47. The lowest BCUT2D eigenvalue weighted by Crippen LogP contribution is -2.26. The Hall–Kier alpha value is -3.64. The highest BCUT2D eigenvalue weighted by Crippen LogP contribution is 2.32. The van der Waals surface area contributed by atoms with Crippen LogP contribution in [0.3, 0.4) is 0 Å². The van der Waals surface area contributed by atoms with E-state index in [1.807, 2.05) is 49.5 Å². The van der Waals surface area contributed by atoms with E-state index in [0.717, 1.165) is 27.3 Å². The smallest absolute Gasteiger partial charge is 0.289 e. The van der Waals surface area contributed by atoms with E-state index in [1.165, 1.54) is 11.8 Å². The molecule has 0 aliphatic heterocycles. The van der Waals surface area contributed by atoms with E-state index < -0.39 is 0 Å². The Morgan fingerprint density at radius 3 is 2.47 bits per heavy atom. The normalized spacial score (nSPS) is 11.2. The molecule has 0 fully saturated rings. The number of benzene rings is 3. The number of furan rings is 1. The molecule has 0 spiro atoms. The summed E-state index contributed by atoms with van der Waals surface area (Å²) < 4.78 is 6.05. The molecule has 0 saturated carbocycles. The van der Waals surface area contributed by atoms with Crippen molar-refractivity contribution in [3.8, 4) is 0 Å². The third kappa shape index (κ3) is 3.97. The number of rotatable bonds is 6. The first-order valence-corrected chi connectivity index (χ1v) is 11.3. The summed E-state index contributed by atoms with van der Waals surface area (Å²) in [5, 5.41) is 3.92. The average molecular weight is 440 g/mol. The Kier molecular flexibility index (Phi) is 5.60. The Morgan fingerprint density at radius 1 is 0.906 bits per heavy atom. The lowest BCUT2D eigenvalue weighted by molar-refractivity contribution is 0.0755. The minimum Gasteiger partial charge on any atom is -0.451 e. The molecule has 0 atom stereocenters. The van der Waals surface area contributed by atoms with Crippen molar-refractivity contribution in [2.24, 2.45) is 0 Å². The van der Waals surface area contributed by atoms with Crippen molar-refractivity contribution in [1.29, 1.82) is 0 Å². The van der Waals surface area contributed by atoms with E-state index in [-0.39, 0.29) is 5.91 Å². The van der Waals surface area contributed by atoms with E-state index in [9.17, 15) is 4.79 Å². The van der Waals surface area contributed by atoms with Crippen LogP contribution < -0.4 is 0 Å². The topological polar surface area (TPSA) is 59.2 Å². The summed E-state index contributed by atoms with van der Waals surface area (Å²) in [7, 11) is 1.81. The van der Waals surface area contributed by atoms with Gasteiger partial charge in [0.05, 0.1) is 0 Å². The number of fused-ring (bicyclic) bond motifs is 2. The molecule has 0 saturated heterocycles. The van der Waals surface area contributed by atoms with Crippen molar-refractivity contribution in [1.82, 2.24) is 14.9 Å². The predicted octanol–water partition coefficient (Wildman–Crippen LogP) is 5.94. The lowest BCUT2D eigenvalue weighted by Gasteiger charge is -2.18. The zero-order valence-corrected chi connectivity index (χ0v) is 18.4. The number of hydrogen-bond acceptors (Lipinski definition) is 5. The third-order valence-electron chi connectivity index (χ3n) is 5.41. The molecular formula is C26H21N3O2S. The van der Waals surface area contributed by atoms with Crippen LogP contribution in [0, 0.1) is 0 Å². The Morgan fingerprint density at radius 2 is 1.62 bits per heavy atom. The molecule has 5 aromatic rings. The minimum absolute atomic E-state index is 0.140. The maximum atomic E-state index is 13.5. The summed E-state index contributed by atoms with van der Waals surface area (Å²) in [6, 6.07) is 23.9. The van der Waals surface area contributed by atoms with Gasteiger partial charge in [-0.3, -0.25) is 4.79 Å². The fourth-order valence-electron chi connectivity index (χ4n) is 3.84. The predicted molar refractivity (Wildman–Crippen MR) is 128 cm³/mol. The molecule has 0 aliphatic carbocycles. The fourth-order valence-corrected chi connectivity index (χ4v) is 4.67. The quantitative estimate of drug-likeness (QED) is 0.242. The summed E-state index contributed by atoms with van der Waals surface area (Å²) in [6.45, 7) is 0.492. The maximum absolute atomic E-state index is 13.5. The van der Waals surface area contributed by atoms with Gasteiger partial charge >= 0.3 is 0 Å². The summed E-state index contributed by atoms with van der Waals surface area (Å²) in [5.74, 6) is 0.778. The zero-order chi connectivity index (χ0) is 21.9. The first kappa shape index (κ1) is 20.3. The monoisotopic (exact) mass is 439 g/mol. The fraction of sp³-hybridized carbons (Fsp3) is 0.115. The van der Waals surface area contributed by atoms with Crippen LogP contribution in [0.15, 0.2) is 94.8 Å². The van der Waals surface area contributed by atoms with E-state index in [0.29, 0.717) is 28.8 Å². The molecule has 1 amide bonds. The lowest BCUT2D eigenvalue weighted by atomic mass is 10.0. The average Bonchev–Trinajstić information content (AvgIpc) is 3.21. The number of carbonyl (C=O) groups excluding carboxylic acids is 1. The minimum atomic E-state index is -0.140. The van der Waals surface area contributed by atoms with Crippen LogP contribution in [0.4, 0.5) is 0 Å². The van der Waals surface area contributed by atoms with Crippen LogP contribution in [0.2, 0.25) is 0 Å². The standard InChI is InChI=1S/C26H21N3O2S/c1-29(16-19-10-6-9-18-8-2-3-11-20(18)19)25(30)24-22(17-32-26-27-14-7-15-28-26)21-12-4-5-13-23(21)31-24/h2-15H,16-17H2,1H3. The third-order valence-corrected chi connectivity index (χ3v) is 6.32. The van der Waals surface area contributed by atoms with Crippen molar-refractivity contribution in [3.63, 3.8) is 0 Å². The first-order chi connectivity index (χ1) is 15.7. The highest BCUT2D eigenvalue weighted by atomic mass is 32.2. The Labute approximate surface area is 190 Å². The number of aromatic nitrogens is 2. The van der Waals surface area contributed by atoms with Gasteiger partial charge in [-0.25, -0.2) is 9.97 Å². The van der Waals surface area contributed by atoms with Gasteiger partial charge in [0, 0.05) is 42.7 Å². The Bertz CT molecular complexity index is 1390. The molecule has 6 heteroatoms. The molecule has 32 heavy (non-hydrogen) atoms. The van der Waals surface area contributed by atoms with Gasteiger partial charge in [0.25, 0.3) is 5.91 Å². The van der Waals surface area contributed by atoms with Gasteiger partial charge in [0.1, 0.15) is 5.58 Å². The van der Waals surface area contributed by atoms with Gasteiger partial charge in [0.2, 0.25) is 0 Å². The summed E-state index contributed by atoms with van der Waals surface area (Å²) in [4.78, 5) is 23.8. The van der Waals surface area contributed by atoms with E-state index in [4.69, 9.17) is 4.42 Å². The van der Waals surface area contributed by atoms with Gasteiger partial charge in [-0.2, -0.15) is 0 Å². The van der Waals surface area contributed by atoms with Crippen LogP contribution in [0.25, 0.3) is 21.7 Å². The first-order valence-electron chi connectivity index (χ1n) is 10.3. The molecule has 0 radical (unpaired) electrons. The molecule has 2 heterocycles. The van der Waals surface area contributed by atoms with Crippen LogP contribution in [-0.2, 0) is 12.3 Å². The van der Waals surface area contributed by atoms with Crippen LogP contribution in [0.5, 0.6) is 0 Å². The van der Waals surface area contributed by atoms with Crippen LogP contribution in [-0.4, -0.2) is 27.8 Å². The Balaban J connectivity index is 1.45. The second kappa shape index (κ2) is 8.85.